The van der Waals surface area contributed by atoms with Crippen molar-refractivity contribution in [3.05, 3.63) is 81.0 Å². The van der Waals surface area contributed by atoms with Gasteiger partial charge in [-0.3, -0.25) is 4.98 Å². The first-order chi connectivity index (χ1) is 12.1. The largest absolute Gasteiger partial charge is 0.351 e. The molecule has 0 spiro atoms. The second kappa shape index (κ2) is 6.82. The summed E-state index contributed by atoms with van der Waals surface area (Å²) in [6.07, 6.45) is 1.78. The first-order valence-corrected chi connectivity index (χ1v) is 9.67. The first kappa shape index (κ1) is 16.6. The van der Waals surface area contributed by atoms with Gasteiger partial charge in [-0.1, -0.05) is 6.07 Å². The van der Waals surface area contributed by atoms with Crippen molar-refractivity contribution in [2.75, 3.05) is 4.90 Å². The lowest BCUT2D eigenvalue weighted by Gasteiger charge is -2.26. The zero-order chi connectivity index (χ0) is 17.4. The fourth-order valence-electron chi connectivity index (χ4n) is 3.01. The molecule has 0 amide bonds. The van der Waals surface area contributed by atoms with Gasteiger partial charge in [0.05, 0.1) is 21.6 Å². The summed E-state index contributed by atoms with van der Waals surface area (Å²) in [6, 6.07) is 16.2. The molecule has 0 radical (unpaired) electrons. The minimum absolute atomic E-state index is 0.0517. The van der Waals surface area contributed by atoms with Crippen LogP contribution in [0.5, 0.6) is 0 Å². The van der Waals surface area contributed by atoms with Gasteiger partial charge in [0.25, 0.3) is 0 Å². The quantitative estimate of drug-likeness (QED) is 0.572. The summed E-state index contributed by atoms with van der Waals surface area (Å²) in [4.78, 5) is 7.69. The van der Waals surface area contributed by atoms with Crippen LogP contribution in [-0.2, 0) is 0 Å². The standard InChI is InChI=1S/C18H13BrFN3S2/c19-15-9-8-14(25-15)17-16(13-3-1-2-10-21-13)22-18(24)23(17)12-6-4-11(20)5-7-12/h1-10,16-17H,(H,22,24)/t16-,17-/m1/s1. The Morgan fingerprint density at radius 3 is 2.56 bits per heavy atom. The monoisotopic (exact) mass is 433 g/mol. The molecule has 1 fully saturated rings. The number of hydrogen-bond acceptors (Lipinski definition) is 3. The third-order valence-corrected chi connectivity index (χ3v) is 6.10. The molecule has 25 heavy (non-hydrogen) atoms. The molecule has 1 saturated heterocycles. The molecule has 3 aromatic rings. The molecule has 2 aromatic heterocycles. The number of thiophene rings is 1. The van der Waals surface area contributed by atoms with Crippen molar-refractivity contribution in [2.24, 2.45) is 0 Å². The zero-order valence-corrected chi connectivity index (χ0v) is 16.1. The Bertz CT molecular complexity index is 898. The third-order valence-electron chi connectivity index (χ3n) is 4.09. The van der Waals surface area contributed by atoms with Gasteiger partial charge < -0.3 is 10.2 Å². The molecular formula is C18H13BrFN3S2. The summed E-state index contributed by atoms with van der Waals surface area (Å²) in [5.74, 6) is -0.265. The Morgan fingerprint density at radius 2 is 1.92 bits per heavy atom. The lowest BCUT2D eigenvalue weighted by atomic mass is 10.0. The van der Waals surface area contributed by atoms with Crippen molar-refractivity contribution in [1.82, 2.24) is 10.3 Å². The lowest BCUT2D eigenvalue weighted by Crippen LogP contribution is -2.29. The zero-order valence-electron chi connectivity index (χ0n) is 12.9. The van der Waals surface area contributed by atoms with Gasteiger partial charge in [-0.05, 0) is 76.7 Å². The van der Waals surface area contributed by atoms with Crippen molar-refractivity contribution in [2.45, 2.75) is 12.1 Å². The van der Waals surface area contributed by atoms with Gasteiger partial charge in [-0.25, -0.2) is 4.39 Å². The van der Waals surface area contributed by atoms with Crippen molar-refractivity contribution in [3.63, 3.8) is 0 Å². The third kappa shape index (κ3) is 3.19. The fourth-order valence-corrected chi connectivity index (χ4v) is 4.91. The van der Waals surface area contributed by atoms with E-state index in [2.05, 4.69) is 32.3 Å². The molecule has 1 aromatic carbocycles. The summed E-state index contributed by atoms with van der Waals surface area (Å²) in [5.41, 5.74) is 1.77. The molecule has 0 saturated carbocycles. The van der Waals surface area contributed by atoms with Crippen LogP contribution in [0.2, 0.25) is 0 Å². The number of thiocarbonyl (C=S) groups is 1. The van der Waals surface area contributed by atoms with E-state index in [0.29, 0.717) is 5.11 Å². The molecule has 0 bridgehead atoms. The number of nitrogens with one attached hydrogen (secondary N) is 1. The van der Waals surface area contributed by atoms with Crippen LogP contribution in [0.1, 0.15) is 22.7 Å². The maximum absolute atomic E-state index is 13.4. The van der Waals surface area contributed by atoms with Gasteiger partial charge in [0, 0.05) is 16.8 Å². The molecule has 1 N–H and O–H groups in total. The Kier molecular flexibility index (Phi) is 4.54. The minimum Gasteiger partial charge on any atom is -0.351 e. The number of aromatic nitrogens is 1. The lowest BCUT2D eigenvalue weighted by molar-refractivity contribution is 0.575. The fraction of sp³-hybridized carbons (Fsp3) is 0.111. The van der Waals surface area contributed by atoms with E-state index >= 15 is 0 Å². The summed E-state index contributed by atoms with van der Waals surface area (Å²) in [6.45, 7) is 0. The highest BCUT2D eigenvalue weighted by atomic mass is 79.9. The van der Waals surface area contributed by atoms with E-state index in [-0.39, 0.29) is 17.9 Å². The molecule has 1 aliphatic heterocycles. The summed E-state index contributed by atoms with van der Waals surface area (Å²) in [5, 5.41) is 3.99. The molecule has 7 heteroatoms. The normalized spacial score (nSPS) is 19.9. The van der Waals surface area contributed by atoms with Gasteiger partial charge in [0.1, 0.15) is 5.82 Å². The molecule has 3 nitrogen and oxygen atoms in total. The highest BCUT2D eigenvalue weighted by Crippen LogP contribution is 2.44. The van der Waals surface area contributed by atoms with Crippen LogP contribution in [0.25, 0.3) is 0 Å². The second-order valence-corrected chi connectivity index (χ2v) is 8.50. The number of nitrogens with zero attached hydrogens (tertiary/aromatic N) is 2. The smallest absolute Gasteiger partial charge is 0.174 e. The minimum atomic E-state index is -0.265. The van der Waals surface area contributed by atoms with Gasteiger partial charge in [0.15, 0.2) is 5.11 Å². The SMILES string of the molecule is Fc1ccc(N2C(=S)N[C@H](c3ccccn3)[C@H]2c2ccc(Br)s2)cc1. The van der Waals surface area contributed by atoms with Crippen LogP contribution in [0.4, 0.5) is 10.1 Å². The number of anilines is 1. The van der Waals surface area contributed by atoms with E-state index in [1.54, 1.807) is 29.7 Å². The molecule has 2 atom stereocenters. The highest BCUT2D eigenvalue weighted by molar-refractivity contribution is 9.11. The Hall–Kier alpha value is -1.83. The predicted molar refractivity (Wildman–Crippen MR) is 106 cm³/mol. The van der Waals surface area contributed by atoms with E-state index in [4.69, 9.17) is 12.2 Å². The summed E-state index contributed by atoms with van der Waals surface area (Å²) < 4.78 is 14.4. The van der Waals surface area contributed by atoms with Crippen molar-refractivity contribution >= 4 is 50.3 Å². The van der Waals surface area contributed by atoms with Crippen LogP contribution in [0, 0.1) is 5.82 Å². The average Bonchev–Trinajstić information content (AvgIpc) is 3.20. The Balaban J connectivity index is 1.81. The molecule has 0 aliphatic carbocycles. The molecule has 126 valence electrons. The van der Waals surface area contributed by atoms with Crippen molar-refractivity contribution < 1.29 is 4.39 Å². The first-order valence-electron chi connectivity index (χ1n) is 7.65. The molecule has 1 aliphatic rings. The van der Waals surface area contributed by atoms with Crippen LogP contribution < -0.4 is 10.2 Å². The Morgan fingerprint density at radius 1 is 1.12 bits per heavy atom. The van der Waals surface area contributed by atoms with Gasteiger partial charge in [0.2, 0.25) is 0 Å². The predicted octanol–water partition coefficient (Wildman–Crippen LogP) is 5.22. The van der Waals surface area contributed by atoms with Gasteiger partial charge >= 0.3 is 0 Å². The van der Waals surface area contributed by atoms with E-state index in [1.807, 2.05) is 29.2 Å². The molecule has 3 heterocycles. The maximum Gasteiger partial charge on any atom is 0.174 e. The summed E-state index contributed by atoms with van der Waals surface area (Å²) >= 11 is 10.8. The number of pyridine rings is 1. The van der Waals surface area contributed by atoms with Crippen molar-refractivity contribution in [1.29, 1.82) is 0 Å². The maximum atomic E-state index is 13.4. The van der Waals surface area contributed by atoms with Crippen LogP contribution >= 0.6 is 39.5 Å². The van der Waals surface area contributed by atoms with Gasteiger partial charge in [-0.15, -0.1) is 11.3 Å². The summed E-state index contributed by atoms with van der Waals surface area (Å²) in [7, 11) is 0. The number of halogens is 2. The molecule has 0 unspecified atom stereocenters. The van der Waals surface area contributed by atoms with Gasteiger partial charge in [-0.2, -0.15) is 0 Å². The number of rotatable bonds is 3. The van der Waals surface area contributed by atoms with Crippen LogP contribution in [0.15, 0.2) is 64.6 Å². The van der Waals surface area contributed by atoms with Crippen LogP contribution in [0.3, 0.4) is 0 Å². The molecule has 4 rings (SSSR count). The van der Waals surface area contributed by atoms with E-state index in [1.165, 1.54) is 12.1 Å². The second-order valence-electron chi connectivity index (χ2n) is 5.61. The Labute approximate surface area is 162 Å². The highest BCUT2D eigenvalue weighted by Gasteiger charge is 2.41. The van der Waals surface area contributed by atoms with E-state index < -0.39 is 0 Å². The van der Waals surface area contributed by atoms with E-state index in [9.17, 15) is 4.39 Å². The van der Waals surface area contributed by atoms with Crippen molar-refractivity contribution in [3.8, 4) is 0 Å². The van der Waals surface area contributed by atoms with Crippen LogP contribution in [-0.4, -0.2) is 10.1 Å². The number of benzene rings is 1. The molecular weight excluding hydrogens is 421 g/mol. The van der Waals surface area contributed by atoms with E-state index in [0.717, 1.165) is 20.0 Å². The number of hydrogen-bond donors (Lipinski definition) is 1. The topological polar surface area (TPSA) is 28.2 Å². The average molecular weight is 434 g/mol.